The molecule has 0 saturated heterocycles. The van der Waals surface area contributed by atoms with Crippen LogP contribution in [0.3, 0.4) is 0 Å². The first-order valence-electron chi connectivity index (χ1n) is 5.08. The standard InChI is InChI=1S/C12H10Br2FNO/c1-16-10(6-5-8(14)12(16)17)11-7(13)3-2-4-9(11)15/h2-4,6,8H,5H2,1H3. The lowest BCUT2D eigenvalue weighted by Gasteiger charge is -2.28. The predicted molar refractivity (Wildman–Crippen MR) is 72.2 cm³/mol. The van der Waals surface area contributed by atoms with Crippen LogP contribution in [0.25, 0.3) is 5.70 Å². The average Bonchev–Trinajstić information content (AvgIpc) is 2.29. The molecule has 2 nitrogen and oxygen atoms in total. The summed E-state index contributed by atoms with van der Waals surface area (Å²) in [5.41, 5.74) is 1.04. The predicted octanol–water partition coefficient (Wildman–Crippen LogP) is 3.55. The number of alkyl halides is 1. The maximum absolute atomic E-state index is 13.8. The van der Waals surface area contributed by atoms with E-state index in [4.69, 9.17) is 0 Å². The van der Waals surface area contributed by atoms with Crippen molar-refractivity contribution in [3.05, 3.63) is 40.1 Å². The van der Waals surface area contributed by atoms with Gasteiger partial charge >= 0.3 is 0 Å². The topological polar surface area (TPSA) is 20.3 Å². The van der Waals surface area contributed by atoms with E-state index in [1.807, 2.05) is 6.08 Å². The molecule has 1 heterocycles. The zero-order valence-corrected chi connectivity index (χ0v) is 12.3. The highest BCUT2D eigenvalue weighted by molar-refractivity contribution is 9.10. The Hall–Kier alpha value is -0.680. The maximum atomic E-state index is 13.8. The highest BCUT2D eigenvalue weighted by Gasteiger charge is 2.28. The highest BCUT2D eigenvalue weighted by Crippen LogP contribution is 2.33. The van der Waals surface area contributed by atoms with Crippen LogP contribution in [-0.4, -0.2) is 22.7 Å². The molecule has 1 amide bonds. The Balaban J connectivity index is 2.51. The smallest absolute Gasteiger partial charge is 0.240 e. The van der Waals surface area contributed by atoms with Gasteiger partial charge in [-0.25, -0.2) is 4.39 Å². The van der Waals surface area contributed by atoms with Crippen LogP contribution in [-0.2, 0) is 4.79 Å². The largest absolute Gasteiger partial charge is 0.314 e. The van der Waals surface area contributed by atoms with Gasteiger partial charge in [0.2, 0.25) is 5.91 Å². The van der Waals surface area contributed by atoms with Gasteiger partial charge in [0.15, 0.2) is 0 Å². The zero-order valence-electron chi connectivity index (χ0n) is 9.08. The van der Waals surface area contributed by atoms with Gasteiger partial charge in [-0.05, 0) is 34.5 Å². The second-order valence-electron chi connectivity index (χ2n) is 3.79. The molecule has 90 valence electrons. The van der Waals surface area contributed by atoms with Crippen LogP contribution < -0.4 is 0 Å². The lowest BCUT2D eigenvalue weighted by molar-refractivity contribution is -0.126. The fraction of sp³-hybridized carbons (Fsp3) is 0.250. The molecule has 17 heavy (non-hydrogen) atoms. The summed E-state index contributed by atoms with van der Waals surface area (Å²) in [6.45, 7) is 0. The van der Waals surface area contributed by atoms with E-state index in [0.29, 0.717) is 22.2 Å². The normalized spacial score (nSPS) is 20.5. The van der Waals surface area contributed by atoms with Crippen LogP contribution in [0, 0.1) is 5.82 Å². The minimum absolute atomic E-state index is 0.0577. The molecule has 0 bridgehead atoms. The molecular weight excluding hydrogens is 353 g/mol. The lowest BCUT2D eigenvalue weighted by atomic mass is 10.0. The van der Waals surface area contributed by atoms with Crippen LogP contribution >= 0.6 is 31.9 Å². The first-order valence-corrected chi connectivity index (χ1v) is 6.79. The number of rotatable bonds is 1. The fourth-order valence-corrected chi connectivity index (χ4v) is 2.83. The number of benzene rings is 1. The molecule has 1 unspecified atom stereocenters. The Morgan fingerprint density at radius 1 is 1.47 bits per heavy atom. The molecule has 0 aromatic heterocycles. The van der Waals surface area contributed by atoms with Gasteiger partial charge in [-0.3, -0.25) is 4.79 Å². The Morgan fingerprint density at radius 3 is 2.82 bits per heavy atom. The van der Waals surface area contributed by atoms with Crippen molar-refractivity contribution in [1.82, 2.24) is 4.90 Å². The summed E-state index contributed by atoms with van der Waals surface area (Å²) in [6, 6.07) is 4.78. The van der Waals surface area contributed by atoms with E-state index >= 15 is 0 Å². The van der Waals surface area contributed by atoms with Crippen molar-refractivity contribution >= 4 is 43.5 Å². The average molecular weight is 363 g/mol. The Kier molecular flexibility index (Phi) is 3.68. The second-order valence-corrected chi connectivity index (χ2v) is 5.75. The van der Waals surface area contributed by atoms with Crippen molar-refractivity contribution < 1.29 is 9.18 Å². The van der Waals surface area contributed by atoms with Crippen molar-refractivity contribution in [3.63, 3.8) is 0 Å². The quantitative estimate of drug-likeness (QED) is 0.699. The summed E-state index contributed by atoms with van der Waals surface area (Å²) in [5.74, 6) is -0.393. The van der Waals surface area contributed by atoms with E-state index in [0.717, 1.165) is 0 Å². The number of halogens is 3. The first-order chi connectivity index (χ1) is 8.02. The molecule has 2 rings (SSSR count). The Morgan fingerprint density at radius 2 is 2.18 bits per heavy atom. The van der Waals surface area contributed by atoms with E-state index in [1.54, 1.807) is 19.2 Å². The number of hydrogen-bond acceptors (Lipinski definition) is 1. The summed E-state index contributed by atoms with van der Waals surface area (Å²) in [4.78, 5) is 13.1. The van der Waals surface area contributed by atoms with Crippen molar-refractivity contribution in [3.8, 4) is 0 Å². The maximum Gasteiger partial charge on any atom is 0.240 e. The number of allylic oxidation sites excluding steroid dienone is 1. The van der Waals surface area contributed by atoms with Gasteiger partial charge < -0.3 is 4.90 Å². The van der Waals surface area contributed by atoms with Crippen molar-refractivity contribution in [2.75, 3.05) is 7.05 Å². The molecule has 0 fully saturated rings. The van der Waals surface area contributed by atoms with Crippen LogP contribution in [0.2, 0.25) is 0 Å². The fourth-order valence-electron chi connectivity index (χ4n) is 1.79. The summed E-state index contributed by atoms with van der Waals surface area (Å²) in [5, 5.41) is 0. The number of amides is 1. The van der Waals surface area contributed by atoms with Gasteiger partial charge in [0.25, 0.3) is 0 Å². The minimum Gasteiger partial charge on any atom is -0.314 e. The molecule has 0 spiro atoms. The molecule has 5 heteroatoms. The van der Waals surface area contributed by atoms with Crippen molar-refractivity contribution in [1.29, 1.82) is 0 Å². The van der Waals surface area contributed by atoms with Gasteiger partial charge in [-0.15, -0.1) is 0 Å². The number of carbonyl (C=O) groups is 1. The summed E-state index contributed by atoms with van der Waals surface area (Å²) in [6.07, 6.45) is 2.43. The molecular formula is C12H10Br2FNO. The van der Waals surface area contributed by atoms with Crippen LogP contribution in [0.5, 0.6) is 0 Å². The van der Waals surface area contributed by atoms with Crippen LogP contribution in [0.4, 0.5) is 4.39 Å². The van der Waals surface area contributed by atoms with Gasteiger partial charge in [-0.2, -0.15) is 0 Å². The summed E-state index contributed by atoms with van der Waals surface area (Å²) < 4.78 is 14.5. The third-order valence-corrected chi connectivity index (χ3v) is 4.12. The van der Waals surface area contributed by atoms with Gasteiger partial charge in [-0.1, -0.05) is 28.1 Å². The van der Waals surface area contributed by atoms with E-state index in [9.17, 15) is 9.18 Å². The third kappa shape index (κ3) is 2.31. The van der Waals surface area contributed by atoms with Crippen molar-refractivity contribution in [2.24, 2.45) is 0 Å². The SMILES string of the molecule is CN1C(=O)C(Br)CC=C1c1c(F)cccc1Br. The Labute approximate surface area is 116 Å². The molecule has 1 atom stereocenters. The van der Waals surface area contributed by atoms with Gasteiger partial charge in [0.1, 0.15) is 5.82 Å². The van der Waals surface area contributed by atoms with Crippen LogP contribution in [0.15, 0.2) is 28.7 Å². The second kappa shape index (κ2) is 4.90. The summed E-state index contributed by atoms with van der Waals surface area (Å²) >= 11 is 6.60. The molecule has 1 aromatic rings. The third-order valence-electron chi connectivity index (χ3n) is 2.70. The van der Waals surface area contributed by atoms with E-state index in [1.165, 1.54) is 11.0 Å². The first kappa shape index (κ1) is 12.8. The number of carbonyl (C=O) groups excluding carboxylic acids is 1. The van der Waals surface area contributed by atoms with Crippen LogP contribution in [0.1, 0.15) is 12.0 Å². The van der Waals surface area contributed by atoms with E-state index in [2.05, 4.69) is 31.9 Å². The highest BCUT2D eigenvalue weighted by atomic mass is 79.9. The number of hydrogen-bond donors (Lipinski definition) is 0. The molecule has 1 aliphatic heterocycles. The molecule has 0 N–H and O–H groups in total. The monoisotopic (exact) mass is 361 g/mol. The molecule has 1 aromatic carbocycles. The number of nitrogens with zero attached hydrogens (tertiary/aromatic N) is 1. The Bertz CT molecular complexity index is 481. The van der Waals surface area contributed by atoms with Gasteiger partial charge in [0.05, 0.1) is 10.5 Å². The molecule has 1 aliphatic rings. The molecule has 0 radical (unpaired) electrons. The van der Waals surface area contributed by atoms with Gasteiger partial charge in [0, 0.05) is 17.1 Å². The van der Waals surface area contributed by atoms with E-state index < -0.39 is 0 Å². The van der Waals surface area contributed by atoms with Crippen molar-refractivity contribution in [2.45, 2.75) is 11.2 Å². The lowest BCUT2D eigenvalue weighted by Crippen LogP contribution is -2.35. The molecule has 0 aliphatic carbocycles. The summed E-state index contributed by atoms with van der Waals surface area (Å²) in [7, 11) is 1.65. The zero-order chi connectivity index (χ0) is 12.6. The molecule has 0 saturated carbocycles. The minimum atomic E-state index is -0.335. The van der Waals surface area contributed by atoms with E-state index in [-0.39, 0.29) is 16.6 Å².